The number of aryl methyl sites for hydroxylation is 1. The van der Waals surface area contributed by atoms with Crippen molar-refractivity contribution in [3.63, 3.8) is 0 Å². The minimum absolute atomic E-state index is 0.277. The van der Waals surface area contributed by atoms with Gasteiger partial charge in [0.2, 0.25) is 5.91 Å². The van der Waals surface area contributed by atoms with Crippen LogP contribution >= 0.6 is 11.3 Å². The molecular formula is C20H21N3O4S. The number of carbonyl (C=O) groups is 3. The van der Waals surface area contributed by atoms with E-state index >= 15 is 0 Å². The number of nitrogens with one attached hydrogen (secondary N) is 2. The number of carboxylic acid groups (broad SMARTS) is 1. The summed E-state index contributed by atoms with van der Waals surface area (Å²) < 4.78 is 0. The van der Waals surface area contributed by atoms with Crippen LogP contribution in [-0.2, 0) is 16.0 Å². The lowest BCUT2D eigenvalue weighted by Crippen LogP contribution is -2.18. The number of hydrogen-bond acceptors (Lipinski definition) is 5. The van der Waals surface area contributed by atoms with Crippen molar-refractivity contribution in [2.45, 2.75) is 26.7 Å². The number of nitrogens with zero attached hydrogens (tertiary/aromatic N) is 1. The van der Waals surface area contributed by atoms with Crippen molar-refractivity contribution in [2.24, 2.45) is 5.10 Å². The summed E-state index contributed by atoms with van der Waals surface area (Å²) in [6.07, 6.45) is 3.67. The zero-order chi connectivity index (χ0) is 20.5. The summed E-state index contributed by atoms with van der Waals surface area (Å²) >= 11 is 1.55. The molecule has 1 heterocycles. The Morgan fingerprint density at radius 2 is 1.96 bits per heavy atom. The number of hydrazone groups is 1. The molecule has 146 valence electrons. The molecule has 2 aromatic rings. The average Bonchev–Trinajstić information content (AvgIpc) is 3.13. The molecule has 2 rings (SSSR count). The normalized spacial score (nSPS) is 11.4. The zero-order valence-electron chi connectivity index (χ0n) is 15.6. The zero-order valence-corrected chi connectivity index (χ0v) is 16.4. The lowest BCUT2D eigenvalue weighted by molar-refractivity contribution is -0.131. The summed E-state index contributed by atoms with van der Waals surface area (Å²) in [7, 11) is 0. The van der Waals surface area contributed by atoms with E-state index in [-0.39, 0.29) is 5.91 Å². The Morgan fingerprint density at radius 3 is 2.68 bits per heavy atom. The number of rotatable bonds is 8. The first-order chi connectivity index (χ1) is 13.4. The van der Waals surface area contributed by atoms with Gasteiger partial charge in [0.15, 0.2) is 0 Å². The Bertz CT molecular complexity index is 931. The second-order valence-electron chi connectivity index (χ2n) is 5.93. The highest BCUT2D eigenvalue weighted by molar-refractivity contribution is 7.10. The third-order valence-electron chi connectivity index (χ3n) is 3.66. The van der Waals surface area contributed by atoms with E-state index in [1.165, 1.54) is 0 Å². The summed E-state index contributed by atoms with van der Waals surface area (Å²) in [4.78, 5) is 35.5. The SMILES string of the molecule is CCCc1cc(C(=O)N/N=C(/C)c2cccc(NC(=O)/C=C/C(=O)O)c2)cs1. The van der Waals surface area contributed by atoms with Gasteiger partial charge in [0.1, 0.15) is 0 Å². The quantitative estimate of drug-likeness (QED) is 0.359. The fourth-order valence-electron chi connectivity index (χ4n) is 2.29. The van der Waals surface area contributed by atoms with Crippen molar-refractivity contribution in [3.8, 4) is 0 Å². The number of benzene rings is 1. The summed E-state index contributed by atoms with van der Waals surface area (Å²) in [5, 5.41) is 17.0. The van der Waals surface area contributed by atoms with Crippen LogP contribution in [0.1, 0.15) is 41.1 Å². The van der Waals surface area contributed by atoms with E-state index in [9.17, 15) is 14.4 Å². The number of hydrogen-bond donors (Lipinski definition) is 3. The molecule has 2 amide bonds. The van der Waals surface area contributed by atoms with Crippen molar-refractivity contribution in [1.29, 1.82) is 0 Å². The molecule has 0 atom stereocenters. The van der Waals surface area contributed by atoms with Crippen LogP contribution in [0.2, 0.25) is 0 Å². The van der Waals surface area contributed by atoms with Crippen LogP contribution in [0.15, 0.2) is 53.0 Å². The van der Waals surface area contributed by atoms with Crippen LogP contribution in [0, 0.1) is 0 Å². The molecule has 0 spiro atoms. The van der Waals surface area contributed by atoms with Crippen LogP contribution in [0.3, 0.4) is 0 Å². The van der Waals surface area contributed by atoms with Crippen molar-refractivity contribution in [1.82, 2.24) is 5.43 Å². The number of aliphatic carboxylic acids is 1. The molecule has 0 saturated carbocycles. The molecule has 0 unspecified atom stereocenters. The Kier molecular flexibility index (Phi) is 7.65. The van der Waals surface area contributed by atoms with Gasteiger partial charge in [0.05, 0.1) is 11.3 Å². The van der Waals surface area contributed by atoms with Crippen molar-refractivity contribution >= 4 is 40.5 Å². The molecule has 0 bridgehead atoms. The highest BCUT2D eigenvalue weighted by atomic mass is 32.1. The Morgan fingerprint density at radius 1 is 1.18 bits per heavy atom. The number of carboxylic acids is 1. The molecule has 0 fully saturated rings. The predicted octanol–water partition coefficient (Wildman–Crippen LogP) is 3.43. The van der Waals surface area contributed by atoms with Gasteiger partial charge in [0.25, 0.3) is 5.91 Å². The molecule has 3 N–H and O–H groups in total. The first-order valence-corrected chi connectivity index (χ1v) is 9.51. The third-order valence-corrected chi connectivity index (χ3v) is 4.66. The lowest BCUT2D eigenvalue weighted by Gasteiger charge is -2.06. The van der Waals surface area contributed by atoms with E-state index < -0.39 is 11.9 Å². The van der Waals surface area contributed by atoms with Crippen LogP contribution in [-0.4, -0.2) is 28.6 Å². The summed E-state index contributed by atoms with van der Waals surface area (Å²) in [6, 6.07) is 8.74. The van der Waals surface area contributed by atoms with E-state index in [2.05, 4.69) is 22.8 Å². The van der Waals surface area contributed by atoms with Crippen LogP contribution in [0.25, 0.3) is 0 Å². The number of anilines is 1. The molecule has 28 heavy (non-hydrogen) atoms. The maximum Gasteiger partial charge on any atom is 0.328 e. The van der Waals surface area contributed by atoms with Gasteiger partial charge in [0, 0.05) is 28.1 Å². The maximum atomic E-state index is 12.2. The van der Waals surface area contributed by atoms with E-state index in [0.717, 1.165) is 29.9 Å². The minimum atomic E-state index is -1.20. The fraction of sp³-hybridized carbons (Fsp3) is 0.200. The monoisotopic (exact) mass is 399 g/mol. The molecule has 0 saturated heterocycles. The third kappa shape index (κ3) is 6.48. The first kappa shape index (κ1) is 21.0. The van der Waals surface area contributed by atoms with Gasteiger partial charge in [-0.25, -0.2) is 10.2 Å². The number of carbonyl (C=O) groups excluding carboxylic acids is 2. The van der Waals surface area contributed by atoms with Crippen molar-refractivity contribution < 1.29 is 19.5 Å². The molecule has 0 radical (unpaired) electrons. The van der Waals surface area contributed by atoms with Gasteiger partial charge < -0.3 is 10.4 Å². The molecule has 0 aliphatic carbocycles. The second-order valence-corrected chi connectivity index (χ2v) is 6.93. The predicted molar refractivity (Wildman–Crippen MR) is 110 cm³/mol. The van der Waals surface area contributed by atoms with Crippen LogP contribution in [0.4, 0.5) is 5.69 Å². The summed E-state index contributed by atoms with van der Waals surface area (Å²) in [5.41, 5.74) is 4.87. The van der Waals surface area contributed by atoms with Gasteiger partial charge in [-0.05, 0) is 37.1 Å². The second kappa shape index (κ2) is 10.2. The first-order valence-electron chi connectivity index (χ1n) is 8.63. The summed E-state index contributed by atoms with van der Waals surface area (Å²) in [5.74, 6) is -2.03. The standard InChI is InChI=1S/C20H21N3O4S/c1-3-5-17-11-15(12-28-17)20(27)23-22-13(2)14-6-4-7-16(10-14)21-18(24)8-9-19(25)26/h4,6-12H,3,5H2,1-2H3,(H,21,24)(H,23,27)(H,25,26)/b9-8+,22-13-. The Hall–Kier alpha value is -3.26. The molecule has 1 aromatic heterocycles. The van der Waals surface area contributed by atoms with E-state index in [1.54, 1.807) is 42.5 Å². The van der Waals surface area contributed by atoms with Gasteiger partial charge in [-0.3, -0.25) is 9.59 Å². The topological polar surface area (TPSA) is 108 Å². The molecular weight excluding hydrogens is 378 g/mol. The average molecular weight is 399 g/mol. The Balaban J connectivity index is 2.02. The van der Waals surface area contributed by atoms with E-state index in [0.29, 0.717) is 22.5 Å². The van der Waals surface area contributed by atoms with Gasteiger partial charge in [-0.2, -0.15) is 5.10 Å². The van der Waals surface area contributed by atoms with Gasteiger partial charge >= 0.3 is 5.97 Å². The van der Waals surface area contributed by atoms with Gasteiger partial charge in [-0.1, -0.05) is 25.5 Å². The van der Waals surface area contributed by atoms with E-state index in [1.807, 2.05) is 11.4 Å². The van der Waals surface area contributed by atoms with Crippen molar-refractivity contribution in [2.75, 3.05) is 5.32 Å². The molecule has 1 aromatic carbocycles. The molecule has 0 aliphatic heterocycles. The highest BCUT2D eigenvalue weighted by Gasteiger charge is 2.08. The summed E-state index contributed by atoms with van der Waals surface area (Å²) in [6.45, 7) is 3.83. The number of thiophene rings is 1. The van der Waals surface area contributed by atoms with Crippen LogP contribution < -0.4 is 10.7 Å². The lowest BCUT2D eigenvalue weighted by atomic mass is 10.1. The largest absolute Gasteiger partial charge is 0.478 e. The van der Waals surface area contributed by atoms with E-state index in [4.69, 9.17) is 5.11 Å². The molecule has 7 nitrogen and oxygen atoms in total. The fourth-order valence-corrected chi connectivity index (χ4v) is 3.26. The smallest absolute Gasteiger partial charge is 0.328 e. The van der Waals surface area contributed by atoms with Crippen molar-refractivity contribution in [3.05, 3.63) is 63.9 Å². The molecule has 8 heteroatoms. The Labute approximate surface area is 166 Å². The highest BCUT2D eigenvalue weighted by Crippen LogP contribution is 2.16. The minimum Gasteiger partial charge on any atom is -0.478 e. The number of amides is 2. The van der Waals surface area contributed by atoms with Crippen LogP contribution in [0.5, 0.6) is 0 Å². The maximum absolute atomic E-state index is 12.2. The molecule has 0 aliphatic rings. The van der Waals surface area contributed by atoms with Gasteiger partial charge in [-0.15, -0.1) is 11.3 Å².